The third kappa shape index (κ3) is 4.15. The average Bonchev–Trinajstić information content (AvgIpc) is 3.01. The largest absolute Gasteiger partial charge is 0.314 e. The van der Waals surface area contributed by atoms with E-state index < -0.39 is 0 Å². The van der Waals surface area contributed by atoms with Gasteiger partial charge in [-0.25, -0.2) is 0 Å². The molecule has 3 heterocycles. The lowest BCUT2D eigenvalue weighted by Gasteiger charge is -2.32. The van der Waals surface area contributed by atoms with E-state index in [1.54, 1.807) is 30.3 Å². The smallest absolute Gasteiger partial charge is 0.261 e. The van der Waals surface area contributed by atoms with Gasteiger partial charge in [0.2, 0.25) is 0 Å². The van der Waals surface area contributed by atoms with Crippen LogP contribution in [0.1, 0.15) is 47.0 Å². The van der Waals surface area contributed by atoms with Gasteiger partial charge in [0, 0.05) is 78.8 Å². The minimum absolute atomic E-state index is 0.100. The molecule has 4 amide bonds. The Bertz CT molecular complexity index is 1730. The summed E-state index contributed by atoms with van der Waals surface area (Å²) in [6.45, 7) is 4.71. The molecule has 0 aromatic heterocycles. The van der Waals surface area contributed by atoms with E-state index in [1.165, 1.54) is 9.80 Å². The Labute approximate surface area is 236 Å². The number of imide groups is 2. The first-order valence-corrected chi connectivity index (χ1v) is 13.9. The van der Waals surface area contributed by atoms with Gasteiger partial charge in [0.1, 0.15) is 0 Å². The van der Waals surface area contributed by atoms with Gasteiger partial charge in [-0.1, -0.05) is 54.6 Å². The molecule has 1 saturated heterocycles. The SMILES string of the molecule is O=C1c2cccc3cccc(c23)C(=O)N1C/C=C/c1ccc2c3c(cccc13)C(=O)N(CCN1CCNCC1)C2=O. The fourth-order valence-corrected chi connectivity index (χ4v) is 6.22. The fourth-order valence-electron chi connectivity index (χ4n) is 6.22. The molecule has 0 atom stereocenters. The van der Waals surface area contributed by atoms with Gasteiger partial charge < -0.3 is 5.32 Å². The van der Waals surface area contributed by atoms with Crippen LogP contribution in [-0.4, -0.2) is 84.1 Å². The molecule has 3 aliphatic heterocycles. The van der Waals surface area contributed by atoms with Gasteiger partial charge in [-0.05, 0) is 40.6 Å². The average molecular weight is 545 g/mol. The van der Waals surface area contributed by atoms with E-state index in [-0.39, 0.29) is 30.2 Å². The van der Waals surface area contributed by atoms with Gasteiger partial charge in [0.25, 0.3) is 23.6 Å². The van der Waals surface area contributed by atoms with Crippen molar-refractivity contribution in [3.63, 3.8) is 0 Å². The van der Waals surface area contributed by atoms with Crippen LogP contribution in [0.4, 0.5) is 0 Å². The molecule has 1 N–H and O–H groups in total. The van der Waals surface area contributed by atoms with Crippen molar-refractivity contribution >= 4 is 51.2 Å². The van der Waals surface area contributed by atoms with Crippen molar-refractivity contribution < 1.29 is 19.2 Å². The summed E-state index contributed by atoms with van der Waals surface area (Å²) >= 11 is 0. The first-order chi connectivity index (χ1) is 20.0. The van der Waals surface area contributed by atoms with Crippen LogP contribution < -0.4 is 5.32 Å². The number of benzene rings is 4. The first-order valence-electron chi connectivity index (χ1n) is 13.9. The molecule has 7 rings (SSSR count). The molecular formula is C33H28N4O4. The van der Waals surface area contributed by atoms with Crippen LogP contribution in [0.5, 0.6) is 0 Å². The van der Waals surface area contributed by atoms with E-state index in [0.717, 1.165) is 42.5 Å². The summed E-state index contributed by atoms with van der Waals surface area (Å²) in [4.78, 5) is 58.3. The summed E-state index contributed by atoms with van der Waals surface area (Å²) in [5.41, 5.74) is 2.87. The zero-order valence-corrected chi connectivity index (χ0v) is 22.4. The second-order valence-corrected chi connectivity index (χ2v) is 10.6. The highest BCUT2D eigenvalue weighted by molar-refractivity contribution is 6.27. The number of rotatable bonds is 6. The van der Waals surface area contributed by atoms with Crippen molar-refractivity contribution in [2.24, 2.45) is 0 Å². The van der Waals surface area contributed by atoms with Gasteiger partial charge in [0.15, 0.2) is 0 Å². The number of carbonyl (C=O) groups excluding carboxylic acids is 4. The predicted molar refractivity (Wildman–Crippen MR) is 157 cm³/mol. The maximum absolute atomic E-state index is 13.4. The number of piperazine rings is 1. The number of nitrogens with zero attached hydrogens (tertiary/aromatic N) is 3. The highest BCUT2D eigenvalue weighted by atomic mass is 16.2. The van der Waals surface area contributed by atoms with Crippen molar-refractivity contribution in [1.29, 1.82) is 0 Å². The van der Waals surface area contributed by atoms with E-state index in [2.05, 4.69) is 10.2 Å². The minimum Gasteiger partial charge on any atom is -0.314 e. The lowest BCUT2D eigenvalue weighted by molar-refractivity contribution is 0.0584. The van der Waals surface area contributed by atoms with Crippen LogP contribution in [-0.2, 0) is 0 Å². The van der Waals surface area contributed by atoms with Gasteiger partial charge in [0.05, 0.1) is 0 Å². The van der Waals surface area contributed by atoms with Crippen LogP contribution in [0.3, 0.4) is 0 Å². The summed E-state index contributed by atoms with van der Waals surface area (Å²) in [7, 11) is 0. The number of amides is 4. The summed E-state index contributed by atoms with van der Waals surface area (Å²) < 4.78 is 0. The molecule has 4 aromatic rings. The van der Waals surface area contributed by atoms with E-state index in [4.69, 9.17) is 0 Å². The van der Waals surface area contributed by atoms with Crippen molar-refractivity contribution in [2.45, 2.75) is 0 Å². The molecule has 4 aromatic carbocycles. The molecule has 41 heavy (non-hydrogen) atoms. The van der Waals surface area contributed by atoms with Gasteiger partial charge in [-0.3, -0.25) is 33.9 Å². The predicted octanol–water partition coefficient (Wildman–Crippen LogP) is 3.80. The third-order valence-electron chi connectivity index (χ3n) is 8.32. The molecular weight excluding hydrogens is 516 g/mol. The highest BCUT2D eigenvalue weighted by Gasteiger charge is 2.34. The Morgan fingerprint density at radius 2 is 1.22 bits per heavy atom. The van der Waals surface area contributed by atoms with Crippen molar-refractivity contribution in [3.8, 4) is 0 Å². The molecule has 0 aliphatic carbocycles. The van der Waals surface area contributed by atoms with Crippen molar-refractivity contribution in [3.05, 3.63) is 101 Å². The summed E-state index contributed by atoms with van der Waals surface area (Å²) in [6.07, 6.45) is 3.62. The Hall–Kier alpha value is -4.66. The van der Waals surface area contributed by atoms with E-state index in [1.807, 2.05) is 48.5 Å². The maximum atomic E-state index is 13.4. The molecule has 8 nitrogen and oxygen atoms in total. The summed E-state index contributed by atoms with van der Waals surface area (Å²) in [5.74, 6) is -1.20. The fraction of sp³-hybridized carbons (Fsp3) is 0.212. The Balaban J connectivity index is 1.15. The number of carbonyl (C=O) groups is 4. The molecule has 204 valence electrons. The summed E-state index contributed by atoms with van der Waals surface area (Å²) in [6, 6.07) is 20.1. The lowest BCUT2D eigenvalue weighted by Crippen LogP contribution is -2.49. The van der Waals surface area contributed by atoms with E-state index in [0.29, 0.717) is 46.1 Å². The number of hydrogen-bond acceptors (Lipinski definition) is 6. The molecule has 0 radical (unpaired) electrons. The molecule has 8 heteroatoms. The minimum atomic E-state index is -0.321. The zero-order valence-electron chi connectivity index (χ0n) is 22.4. The standard InChI is InChI=1S/C33H28N4O4/c38-30-24-9-1-5-22-6-2-10-25(28(22)24)31(39)36(30)16-4-7-21-12-13-27-29-23(21)8-3-11-26(29)32(40)37(33(27)41)20-19-35-17-14-34-15-18-35/h1-13,34H,14-20H2/b7-4+. The molecule has 3 aliphatic rings. The topological polar surface area (TPSA) is 90.0 Å². The normalized spacial score (nSPS) is 17.5. The molecule has 0 unspecified atom stereocenters. The highest BCUT2D eigenvalue weighted by Crippen LogP contribution is 2.33. The quantitative estimate of drug-likeness (QED) is 0.372. The van der Waals surface area contributed by atoms with E-state index in [9.17, 15) is 19.2 Å². The molecule has 1 fully saturated rings. The zero-order chi connectivity index (χ0) is 28.1. The molecule has 0 saturated carbocycles. The summed E-state index contributed by atoms with van der Waals surface area (Å²) in [5, 5.41) is 6.31. The van der Waals surface area contributed by atoms with E-state index >= 15 is 0 Å². The van der Waals surface area contributed by atoms with Gasteiger partial charge >= 0.3 is 0 Å². The van der Waals surface area contributed by atoms with Crippen LogP contribution in [0, 0.1) is 0 Å². The van der Waals surface area contributed by atoms with Crippen molar-refractivity contribution in [1.82, 2.24) is 20.0 Å². The first kappa shape index (κ1) is 25.3. The Kier molecular flexibility index (Phi) is 6.22. The van der Waals surface area contributed by atoms with Crippen LogP contribution >= 0.6 is 0 Å². The third-order valence-corrected chi connectivity index (χ3v) is 8.32. The van der Waals surface area contributed by atoms with Crippen molar-refractivity contribution in [2.75, 3.05) is 45.8 Å². The van der Waals surface area contributed by atoms with Crippen LogP contribution in [0.25, 0.3) is 27.6 Å². The second-order valence-electron chi connectivity index (χ2n) is 10.6. The Morgan fingerprint density at radius 1 is 0.634 bits per heavy atom. The maximum Gasteiger partial charge on any atom is 0.261 e. The van der Waals surface area contributed by atoms with Gasteiger partial charge in [-0.2, -0.15) is 0 Å². The molecule has 0 spiro atoms. The number of nitrogens with one attached hydrogen (secondary N) is 1. The van der Waals surface area contributed by atoms with Gasteiger partial charge in [-0.15, -0.1) is 0 Å². The van der Waals surface area contributed by atoms with Crippen LogP contribution in [0.15, 0.2) is 72.8 Å². The Morgan fingerprint density at radius 3 is 1.90 bits per heavy atom. The number of hydrogen-bond donors (Lipinski definition) is 1. The lowest BCUT2D eigenvalue weighted by atomic mass is 9.91. The molecule has 0 bridgehead atoms. The monoisotopic (exact) mass is 544 g/mol. The van der Waals surface area contributed by atoms with Crippen LogP contribution in [0.2, 0.25) is 0 Å². The second kappa shape index (κ2) is 10.1.